The number of benzene rings is 1. The van der Waals surface area contributed by atoms with Gasteiger partial charge in [-0.05, 0) is 37.1 Å². The van der Waals surface area contributed by atoms with Gasteiger partial charge in [0.25, 0.3) is 0 Å². The van der Waals surface area contributed by atoms with Gasteiger partial charge < -0.3 is 14.8 Å². The molecule has 0 atom stereocenters. The first-order valence-electron chi connectivity index (χ1n) is 6.82. The quantitative estimate of drug-likeness (QED) is 0.683. The number of rotatable bonds is 9. The summed E-state index contributed by atoms with van der Waals surface area (Å²) in [4.78, 5) is 0. The van der Waals surface area contributed by atoms with Crippen molar-refractivity contribution in [1.82, 2.24) is 5.32 Å². The van der Waals surface area contributed by atoms with Crippen LogP contribution in [0.25, 0.3) is 0 Å². The maximum absolute atomic E-state index is 5.76. The Labute approximate surface area is 110 Å². The minimum Gasteiger partial charge on any atom is -0.493 e. The Hall–Kier alpha value is -1.22. The summed E-state index contributed by atoms with van der Waals surface area (Å²) in [6.07, 6.45) is 3.36. The van der Waals surface area contributed by atoms with Gasteiger partial charge in [0.05, 0.1) is 13.7 Å². The molecule has 3 nitrogen and oxygen atoms in total. The van der Waals surface area contributed by atoms with Crippen molar-refractivity contribution in [2.45, 2.75) is 39.7 Å². The fourth-order valence-corrected chi connectivity index (χ4v) is 1.68. The van der Waals surface area contributed by atoms with Crippen molar-refractivity contribution in [2.24, 2.45) is 0 Å². The molecule has 0 amide bonds. The first-order valence-corrected chi connectivity index (χ1v) is 6.82. The highest BCUT2D eigenvalue weighted by Crippen LogP contribution is 2.28. The number of methoxy groups -OCH3 is 1. The molecule has 102 valence electrons. The van der Waals surface area contributed by atoms with E-state index in [4.69, 9.17) is 9.47 Å². The van der Waals surface area contributed by atoms with Crippen molar-refractivity contribution in [3.8, 4) is 11.5 Å². The minimum absolute atomic E-state index is 0.749. The summed E-state index contributed by atoms with van der Waals surface area (Å²) in [5, 5.41) is 3.39. The van der Waals surface area contributed by atoms with Crippen molar-refractivity contribution in [3.63, 3.8) is 0 Å². The second-order valence-corrected chi connectivity index (χ2v) is 4.36. The lowest BCUT2D eigenvalue weighted by molar-refractivity contribution is 0.288. The summed E-state index contributed by atoms with van der Waals surface area (Å²) in [7, 11) is 1.68. The average molecular weight is 251 g/mol. The lowest BCUT2D eigenvalue weighted by atomic mass is 10.2. The largest absolute Gasteiger partial charge is 0.493 e. The van der Waals surface area contributed by atoms with Crippen LogP contribution in [0.15, 0.2) is 18.2 Å². The molecule has 0 saturated heterocycles. The van der Waals surface area contributed by atoms with Gasteiger partial charge in [0.2, 0.25) is 0 Å². The van der Waals surface area contributed by atoms with Crippen LogP contribution in [0.3, 0.4) is 0 Å². The molecule has 0 heterocycles. The number of hydrogen-bond acceptors (Lipinski definition) is 3. The summed E-state index contributed by atoms with van der Waals surface area (Å²) in [6.45, 7) is 6.99. The van der Waals surface area contributed by atoms with Crippen LogP contribution in [0.1, 0.15) is 38.7 Å². The smallest absolute Gasteiger partial charge is 0.161 e. The lowest BCUT2D eigenvalue weighted by Crippen LogP contribution is -2.13. The first kappa shape index (κ1) is 14.8. The molecule has 0 aliphatic carbocycles. The van der Waals surface area contributed by atoms with Crippen LogP contribution >= 0.6 is 0 Å². The summed E-state index contributed by atoms with van der Waals surface area (Å²) >= 11 is 0. The molecule has 0 aliphatic heterocycles. The molecule has 0 spiro atoms. The monoisotopic (exact) mass is 251 g/mol. The number of ether oxygens (including phenoxy) is 2. The number of nitrogens with one attached hydrogen (secondary N) is 1. The van der Waals surface area contributed by atoms with Gasteiger partial charge in [-0.2, -0.15) is 0 Å². The van der Waals surface area contributed by atoms with Crippen molar-refractivity contribution in [1.29, 1.82) is 0 Å². The van der Waals surface area contributed by atoms with Crippen LogP contribution in [0.4, 0.5) is 0 Å². The van der Waals surface area contributed by atoms with Crippen molar-refractivity contribution >= 4 is 0 Å². The molecule has 18 heavy (non-hydrogen) atoms. The van der Waals surface area contributed by atoms with Crippen LogP contribution < -0.4 is 14.8 Å². The molecule has 0 saturated carbocycles. The maximum Gasteiger partial charge on any atom is 0.161 e. The highest BCUT2D eigenvalue weighted by atomic mass is 16.5. The summed E-state index contributed by atoms with van der Waals surface area (Å²) in [6, 6.07) is 6.12. The van der Waals surface area contributed by atoms with E-state index >= 15 is 0 Å². The second-order valence-electron chi connectivity index (χ2n) is 4.36. The average Bonchev–Trinajstić information content (AvgIpc) is 2.40. The Bertz CT molecular complexity index is 339. The predicted octanol–water partition coefficient (Wildman–Crippen LogP) is 3.37. The Morgan fingerprint density at radius 1 is 1.11 bits per heavy atom. The van der Waals surface area contributed by atoms with Crippen molar-refractivity contribution in [3.05, 3.63) is 23.8 Å². The normalized spacial score (nSPS) is 10.4. The Morgan fingerprint density at radius 3 is 2.61 bits per heavy atom. The van der Waals surface area contributed by atoms with Crippen molar-refractivity contribution < 1.29 is 9.47 Å². The molecule has 3 heteroatoms. The summed E-state index contributed by atoms with van der Waals surface area (Å²) in [5.41, 5.74) is 1.23. The highest BCUT2D eigenvalue weighted by molar-refractivity contribution is 5.42. The van der Waals surface area contributed by atoms with Gasteiger partial charge in [0.1, 0.15) is 0 Å². The summed E-state index contributed by atoms with van der Waals surface area (Å²) in [5.74, 6) is 1.66. The summed E-state index contributed by atoms with van der Waals surface area (Å²) < 4.78 is 11.1. The molecule has 0 aromatic heterocycles. The van der Waals surface area contributed by atoms with Crippen molar-refractivity contribution in [2.75, 3.05) is 20.3 Å². The molecule has 0 unspecified atom stereocenters. The van der Waals surface area contributed by atoms with Crippen LogP contribution in [0.5, 0.6) is 11.5 Å². The van der Waals surface area contributed by atoms with E-state index < -0.39 is 0 Å². The molecule has 0 bridgehead atoms. The van der Waals surface area contributed by atoms with Gasteiger partial charge in [0, 0.05) is 6.54 Å². The molecule has 0 radical (unpaired) electrons. The maximum atomic E-state index is 5.76. The standard InChI is InChI=1S/C15H25NO2/c1-4-6-10-18-15-11-13(12-16-9-5-2)7-8-14(15)17-3/h7-8,11,16H,4-6,9-10,12H2,1-3H3. The zero-order valence-corrected chi connectivity index (χ0v) is 11.8. The molecular formula is C15H25NO2. The fourth-order valence-electron chi connectivity index (χ4n) is 1.68. The van der Waals surface area contributed by atoms with Crippen LogP contribution in [0.2, 0.25) is 0 Å². The topological polar surface area (TPSA) is 30.5 Å². The molecule has 0 aliphatic rings. The van der Waals surface area contributed by atoms with E-state index in [1.165, 1.54) is 5.56 Å². The molecule has 1 rings (SSSR count). The Kier molecular flexibility index (Phi) is 7.26. The van der Waals surface area contributed by atoms with E-state index in [9.17, 15) is 0 Å². The molecule has 1 aromatic carbocycles. The number of hydrogen-bond donors (Lipinski definition) is 1. The Balaban J connectivity index is 2.62. The van der Waals surface area contributed by atoms with Crippen LogP contribution in [-0.2, 0) is 6.54 Å². The zero-order valence-electron chi connectivity index (χ0n) is 11.8. The third-order valence-electron chi connectivity index (χ3n) is 2.74. The number of unbranched alkanes of at least 4 members (excludes halogenated alkanes) is 1. The van der Waals surface area contributed by atoms with E-state index in [1.54, 1.807) is 7.11 Å². The highest BCUT2D eigenvalue weighted by Gasteiger charge is 2.05. The van der Waals surface area contributed by atoms with Gasteiger partial charge in [-0.3, -0.25) is 0 Å². The van der Waals surface area contributed by atoms with E-state index in [-0.39, 0.29) is 0 Å². The van der Waals surface area contributed by atoms with Gasteiger partial charge in [-0.1, -0.05) is 26.3 Å². The van der Waals surface area contributed by atoms with E-state index in [0.29, 0.717) is 0 Å². The molecule has 1 aromatic rings. The SMILES string of the molecule is CCCCOc1cc(CNCCC)ccc1OC. The van der Waals surface area contributed by atoms with E-state index in [1.807, 2.05) is 6.07 Å². The fraction of sp³-hybridized carbons (Fsp3) is 0.600. The van der Waals surface area contributed by atoms with E-state index in [2.05, 4.69) is 31.3 Å². The van der Waals surface area contributed by atoms with Crippen LogP contribution in [-0.4, -0.2) is 20.3 Å². The van der Waals surface area contributed by atoms with Gasteiger partial charge in [-0.15, -0.1) is 0 Å². The molecular weight excluding hydrogens is 226 g/mol. The predicted molar refractivity (Wildman–Crippen MR) is 75.4 cm³/mol. The third-order valence-corrected chi connectivity index (χ3v) is 2.74. The van der Waals surface area contributed by atoms with Gasteiger partial charge in [0.15, 0.2) is 11.5 Å². The molecule has 1 N–H and O–H groups in total. The molecule has 0 fully saturated rings. The Morgan fingerprint density at radius 2 is 1.94 bits per heavy atom. The first-order chi connectivity index (χ1) is 8.81. The third kappa shape index (κ3) is 4.96. The minimum atomic E-state index is 0.749. The lowest BCUT2D eigenvalue weighted by Gasteiger charge is -2.12. The van der Waals surface area contributed by atoms with Gasteiger partial charge in [-0.25, -0.2) is 0 Å². The zero-order chi connectivity index (χ0) is 13.2. The van der Waals surface area contributed by atoms with Crippen LogP contribution in [0, 0.1) is 0 Å². The second kappa shape index (κ2) is 8.81. The van der Waals surface area contributed by atoms with E-state index in [0.717, 1.165) is 50.5 Å². The van der Waals surface area contributed by atoms with Gasteiger partial charge >= 0.3 is 0 Å².